The van der Waals surface area contributed by atoms with E-state index in [1.165, 1.54) is 18.4 Å². The van der Waals surface area contributed by atoms with E-state index in [0.717, 1.165) is 63.9 Å². The van der Waals surface area contributed by atoms with Gasteiger partial charge in [0.05, 0.1) is 34.6 Å². The molecule has 0 unspecified atom stereocenters. The molecule has 0 amide bonds. The van der Waals surface area contributed by atoms with E-state index in [1.54, 1.807) is 11.3 Å². The third-order valence-electron chi connectivity index (χ3n) is 6.85. The number of nitriles is 1. The summed E-state index contributed by atoms with van der Waals surface area (Å²) in [6.07, 6.45) is 4.48. The summed E-state index contributed by atoms with van der Waals surface area (Å²) in [6.45, 7) is 4.49. The summed E-state index contributed by atoms with van der Waals surface area (Å²) in [5.74, 6) is 1.51. The molecule has 0 bridgehead atoms. The highest BCUT2D eigenvalue weighted by Crippen LogP contribution is 2.44. The molecule has 1 aliphatic heterocycles. The molecule has 1 aliphatic carbocycles. The molecule has 2 aliphatic rings. The van der Waals surface area contributed by atoms with E-state index in [0.29, 0.717) is 18.1 Å². The molecular weight excluding hydrogens is 444 g/mol. The number of ether oxygens (including phenoxy) is 1. The van der Waals surface area contributed by atoms with E-state index in [9.17, 15) is 0 Å². The van der Waals surface area contributed by atoms with Crippen LogP contribution in [-0.4, -0.2) is 29.3 Å². The topological polar surface area (TPSA) is 75.2 Å². The standard InChI is InChI=1S/C27H26N4O2S/c1-17-4-2-3-5-21(17)25-22(26(33-30-25)19-7-8-19)16-32-20-10-12-31(13-11-20)27-29-23-9-6-18(15-28)14-24(23)34-27/h2-6,9,14,19-20H,7-8,10-13,16H2,1H3. The van der Waals surface area contributed by atoms with Crippen molar-refractivity contribution in [3.63, 3.8) is 0 Å². The predicted molar refractivity (Wildman–Crippen MR) is 133 cm³/mol. The lowest BCUT2D eigenvalue weighted by atomic mass is 10.0. The summed E-state index contributed by atoms with van der Waals surface area (Å²) in [5.41, 5.74) is 6.02. The average molecular weight is 471 g/mol. The van der Waals surface area contributed by atoms with Gasteiger partial charge >= 0.3 is 0 Å². The van der Waals surface area contributed by atoms with Crippen molar-refractivity contribution in [1.29, 1.82) is 5.26 Å². The van der Waals surface area contributed by atoms with Crippen LogP contribution < -0.4 is 4.90 Å². The van der Waals surface area contributed by atoms with Gasteiger partial charge in [-0.25, -0.2) is 4.98 Å². The van der Waals surface area contributed by atoms with Crippen LogP contribution in [-0.2, 0) is 11.3 Å². The quantitative estimate of drug-likeness (QED) is 0.334. The fourth-order valence-electron chi connectivity index (χ4n) is 4.71. The second kappa shape index (κ2) is 8.86. The Morgan fingerprint density at radius 3 is 2.74 bits per heavy atom. The van der Waals surface area contributed by atoms with Crippen molar-refractivity contribution in [1.82, 2.24) is 10.1 Å². The predicted octanol–water partition coefficient (Wildman–Crippen LogP) is 6.19. The molecule has 0 N–H and O–H groups in total. The Morgan fingerprint density at radius 2 is 1.97 bits per heavy atom. The lowest BCUT2D eigenvalue weighted by Crippen LogP contribution is -2.36. The van der Waals surface area contributed by atoms with Crippen LogP contribution in [0, 0.1) is 18.3 Å². The molecule has 172 valence electrons. The Hall–Kier alpha value is -3.21. The highest BCUT2D eigenvalue weighted by atomic mass is 32.1. The van der Waals surface area contributed by atoms with Gasteiger partial charge in [0.1, 0.15) is 11.5 Å². The fraction of sp³-hybridized carbons (Fsp3) is 0.370. The first kappa shape index (κ1) is 21.3. The molecule has 6 nitrogen and oxygen atoms in total. The number of rotatable bonds is 6. The number of hydrogen-bond donors (Lipinski definition) is 0. The maximum Gasteiger partial charge on any atom is 0.186 e. The van der Waals surface area contributed by atoms with Crippen molar-refractivity contribution in [2.24, 2.45) is 0 Å². The summed E-state index contributed by atoms with van der Waals surface area (Å²) >= 11 is 1.66. The SMILES string of the molecule is Cc1ccccc1-c1noc(C2CC2)c1COC1CCN(c2nc3ccc(C#N)cc3s2)CC1. The number of benzene rings is 2. The number of hydrogen-bond acceptors (Lipinski definition) is 7. The molecule has 2 aromatic heterocycles. The number of thiazole rings is 1. The molecule has 3 heterocycles. The minimum atomic E-state index is 0.211. The Morgan fingerprint density at radius 1 is 1.15 bits per heavy atom. The van der Waals surface area contributed by atoms with Crippen molar-refractivity contribution in [2.75, 3.05) is 18.0 Å². The van der Waals surface area contributed by atoms with E-state index in [1.807, 2.05) is 18.2 Å². The van der Waals surface area contributed by atoms with Crippen molar-refractivity contribution in [3.05, 3.63) is 64.9 Å². The minimum absolute atomic E-state index is 0.211. The monoisotopic (exact) mass is 470 g/mol. The first-order valence-corrected chi connectivity index (χ1v) is 12.7. The zero-order chi connectivity index (χ0) is 23.1. The van der Waals surface area contributed by atoms with Crippen molar-refractivity contribution < 1.29 is 9.26 Å². The summed E-state index contributed by atoms with van der Waals surface area (Å²) in [6, 6.07) is 16.2. The Bertz CT molecular complexity index is 1370. The van der Waals surface area contributed by atoms with Crippen molar-refractivity contribution in [3.8, 4) is 17.3 Å². The lowest BCUT2D eigenvalue weighted by Gasteiger charge is -2.31. The molecule has 6 rings (SSSR count). The zero-order valence-corrected chi connectivity index (χ0v) is 20.0. The molecule has 0 atom stereocenters. The summed E-state index contributed by atoms with van der Waals surface area (Å²) in [5, 5.41) is 14.6. The second-order valence-corrected chi connectivity index (χ2v) is 10.3. The maximum absolute atomic E-state index is 9.15. The van der Waals surface area contributed by atoms with Crippen LogP contribution in [0.1, 0.15) is 54.1 Å². The highest BCUT2D eigenvalue weighted by Gasteiger charge is 2.33. The number of piperidine rings is 1. The molecule has 2 fully saturated rings. The highest BCUT2D eigenvalue weighted by molar-refractivity contribution is 7.22. The second-order valence-electron chi connectivity index (χ2n) is 9.25. The summed E-state index contributed by atoms with van der Waals surface area (Å²) in [7, 11) is 0. The molecule has 2 aromatic carbocycles. The first-order chi connectivity index (χ1) is 16.7. The minimum Gasteiger partial charge on any atom is -0.373 e. The number of aryl methyl sites for hydroxylation is 1. The molecule has 34 heavy (non-hydrogen) atoms. The van der Waals surface area contributed by atoms with Crippen LogP contribution in [0.15, 0.2) is 47.0 Å². The molecular formula is C27H26N4O2S. The number of fused-ring (bicyclic) bond motifs is 1. The van der Waals surface area contributed by atoms with Crippen molar-refractivity contribution in [2.45, 2.75) is 51.2 Å². The Labute approximate surface area is 202 Å². The number of anilines is 1. The summed E-state index contributed by atoms with van der Waals surface area (Å²) < 4.78 is 13.3. The van der Waals surface area contributed by atoms with Gasteiger partial charge in [0.25, 0.3) is 0 Å². The van der Waals surface area contributed by atoms with Gasteiger partial charge in [0.2, 0.25) is 0 Å². The van der Waals surface area contributed by atoms with Gasteiger partial charge in [-0.15, -0.1) is 0 Å². The molecule has 7 heteroatoms. The maximum atomic E-state index is 9.15. The Kier molecular flexibility index (Phi) is 5.56. The van der Waals surface area contributed by atoms with Crippen molar-refractivity contribution >= 4 is 26.7 Å². The largest absolute Gasteiger partial charge is 0.373 e. The fourth-order valence-corrected chi connectivity index (χ4v) is 5.77. The van der Waals surface area contributed by atoms with Gasteiger partial charge in [0.15, 0.2) is 5.13 Å². The van der Waals surface area contributed by atoms with E-state index in [2.05, 4.69) is 47.3 Å². The van der Waals surface area contributed by atoms with Crippen LogP contribution in [0.4, 0.5) is 5.13 Å². The van der Waals surface area contributed by atoms with Crippen LogP contribution >= 0.6 is 11.3 Å². The Balaban J connectivity index is 1.13. The van der Waals surface area contributed by atoms with Crippen LogP contribution in [0.3, 0.4) is 0 Å². The third kappa shape index (κ3) is 4.08. The van der Waals surface area contributed by atoms with Gasteiger partial charge < -0.3 is 14.2 Å². The zero-order valence-electron chi connectivity index (χ0n) is 19.2. The van der Waals surface area contributed by atoms with Gasteiger partial charge in [-0.3, -0.25) is 0 Å². The molecule has 1 saturated carbocycles. The molecule has 4 aromatic rings. The normalized spacial score (nSPS) is 16.8. The first-order valence-electron chi connectivity index (χ1n) is 11.9. The third-order valence-corrected chi connectivity index (χ3v) is 7.93. The number of aromatic nitrogens is 2. The smallest absolute Gasteiger partial charge is 0.186 e. The van der Waals surface area contributed by atoms with E-state index >= 15 is 0 Å². The van der Waals surface area contributed by atoms with Crippen LogP contribution in [0.2, 0.25) is 0 Å². The molecule has 1 saturated heterocycles. The lowest BCUT2D eigenvalue weighted by molar-refractivity contribution is 0.0246. The number of nitrogens with zero attached hydrogens (tertiary/aromatic N) is 4. The van der Waals surface area contributed by atoms with Gasteiger partial charge in [0, 0.05) is 30.1 Å². The van der Waals surface area contributed by atoms with Gasteiger partial charge in [-0.2, -0.15) is 5.26 Å². The van der Waals surface area contributed by atoms with Crippen LogP contribution in [0.25, 0.3) is 21.5 Å². The molecule has 0 radical (unpaired) electrons. The average Bonchev–Trinajstić information content (AvgIpc) is 3.48. The van der Waals surface area contributed by atoms with Gasteiger partial charge in [-0.05, 0) is 56.4 Å². The summed E-state index contributed by atoms with van der Waals surface area (Å²) in [4.78, 5) is 7.13. The van der Waals surface area contributed by atoms with Gasteiger partial charge in [-0.1, -0.05) is 40.8 Å². The van der Waals surface area contributed by atoms with Crippen LogP contribution in [0.5, 0.6) is 0 Å². The van der Waals surface area contributed by atoms with E-state index in [-0.39, 0.29) is 6.10 Å². The molecule has 0 spiro atoms. The van der Waals surface area contributed by atoms with E-state index < -0.39 is 0 Å². The van der Waals surface area contributed by atoms with E-state index in [4.69, 9.17) is 19.5 Å².